The molecule has 0 aliphatic heterocycles. The molecule has 150 valence electrons. The summed E-state index contributed by atoms with van der Waals surface area (Å²) in [5.41, 5.74) is 3.73. The third-order valence-corrected chi connectivity index (χ3v) is 4.61. The number of carbonyl (C=O) groups excluding carboxylic acids is 2. The molecule has 0 radical (unpaired) electrons. The first-order valence-electron chi connectivity index (χ1n) is 9.36. The summed E-state index contributed by atoms with van der Waals surface area (Å²) in [6.45, 7) is 6.53. The van der Waals surface area contributed by atoms with Crippen LogP contribution in [0.2, 0.25) is 0 Å². The molecule has 0 saturated carbocycles. The van der Waals surface area contributed by atoms with Crippen molar-refractivity contribution in [2.24, 2.45) is 0 Å². The van der Waals surface area contributed by atoms with Gasteiger partial charge in [-0.1, -0.05) is 45.0 Å². The van der Waals surface area contributed by atoms with Gasteiger partial charge in [-0.15, -0.1) is 0 Å². The van der Waals surface area contributed by atoms with E-state index in [1.807, 2.05) is 55.4 Å². The zero-order valence-corrected chi connectivity index (χ0v) is 17.7. The van der Waals surface area contributed by atoms with Crippen LogP contribution < -0.4 is 4.90 Å². The monoisotopic (exact) mass is 382 g/mol. The maximum atomic E-state index is 12.3. The summed E-state index contributed by atoms with van der Waals surface area (Å²) in [6.07, 6.45) is 0. The Labute approximate surface area is 167 Å². The molecule has 5 heteroatoms. The number of anilines is 1. The Kier molecular flexibility index (Phi) is 6.84. The molecule has 0 heterocycles. The van der Waals surface area contributed by atoms with E-state index in [2.05, 4.69) is 20.8 Å². The Morgan fingerprint density at radius 1 is 0.893 bits per heavy atom. The van der Waals surface area contributed by atoms with E-state index in [4.69, 9.17) is 4.74 Å². The van der Waals surface area contributed by atoms with Gasteiger partial charge >= 0.3 is 5.97 Å². The normalized spacial score (nSPS) is 11.1. The van der Waals surface area contributed by atoms with Gasteiger partial charge in [0.15, 0.2) is 6.61 Å². The van der Waals surface area contributed by atoms with Gasteiger partial charge in [-0.3, -0.25) is 4.79 Å². The number of ether oxygens (including phenoxy) is 1. The van der Waals surface area contributed by atoms with Gasteiger partial charge in [0.2, 0.25) is 0 Å². The second-order valence-corrected chi connectivity index (χ2v) is 8.21. The Bertz CT molecular complexity index is 803. The fourth-order valence-electron chi connectivity index (χ4n) is 2.69. The molecule has 0 aromatic heterocycles. The van der Waals surface area contributed by atoms with Crippen LogP contribution in [0, 0.1) is 0 Å². The average Bonchev–Trinajstić information content (AvgIpc) is 2.65. The highest BCUT2D eigenvalue weighted by molar-refractivity contribution is 5.91. The van der Waals surface area contributed by atoms with Crippen LogP contribution in [0.5, 0.6) is 0 Å². The summed E-state index contributed by atoms with van der Waals surface area (Å²) >= 11 is 0. The van der Waals surface area contributed by atoms with Gasteiger partial charge in [0.25, 0.3) is 5.91 Å². The Morgan fingerprint density at radius 3 is 1.96 bits per heavy atom. The highest BCUT2D eigenvalue weighted by Gasteiger charge is 2.16. The molecule has 0 aliphatic carbocycles. The number of benzene rings is 2. The van der Waals surface area contributed by atoms with Crippen molar-refractivity contribution < 1.29 is 14.3 Å². The number of rotatable bonds is 6. The lowest BCUT2D eigenvalue weighted by Gasteiger charge is -2.19. The number of carbonyl (C=O) groups is 2. The Morgan fingerprint density at radius 2 is 1.46 bits per heavy atom. The topological polar surface area (TPSA) is 49.9 Å². The summed E-state index contributed by atoms with van der Waals surface area (Å²) in [5.74, 6) is -0.728. The molecule has 0 bridgehead atoms. The molecule has 0 N–H and O–H groups in total. The molecule has 1 amide bonds. The minimum Gasteiger partial charge on any atom is -0.452 e. The van der Waals surface area contributed by atoms with Crippen LogP contribution in [0.1, 0.15) is 42.3 Å². The van der Waals surface area contributed by atoms with Crippen LogP contribution >= 0.6 is 0 Å². The third-order valence-electron chi connectivity index (χ3n) is 4.61. The molecule has 0 fully saturated rings. The summed E-state index contributed by atoms with van der Waals surface area (Å²) in [7, 11) is 5.67. The van der Waals surface area contributed by atoms with Crippen molar-refractivity contribution in [2.45, 2.75) is 32.7 Å². The largest absolute Gasteiger partial charge is 0.452 e. The van der Waals surface area contributed by atoms with Crippen LogP contribution in [0.15, 0.2) is 48.5 Å². The SMILES string of the molecule is CN(Cc1ccc(N(C)C)cc1)C(=O)COC(=O)c1ccc(C(C)(C)C)cc1. The van der Waals surface area contributed by atoms with E-state index in [1.54, 1.807) is 24.1 Å². The summed E-state index contributed by atoms with van der Waals surface area (Å²) < 4.78 is 5.19. The van der Waals surface area contributed by atoms with Crippen molar-refractivity contribution in [2.75, 3.05) is 32.6 Å². The van der Waals surface area contributed by atoms with Crippen LogP contribution in [-0.2, 0) is 21.5 Å². The first-order valence-corrected chi connectivity index (χ1v) is 9.36. The van der Waals surface area contributed by atoms with Crippen LogP contribution in [0.3, 0.4) is 0 Å². The molecule has 0 unspecified atom stereocenters. The van der Waals surface area contributed by atoms with E-state index in [9.17, 15) is 9.59 Å². The number of esters is 1. The molecule has 0 spiro atoms. The highest BCUT2D eigenvalue weighted by atomic mass is 16.5. The van der Waals surface area contributed by atoms with Gasteiger partial charge in [0, 0.05) is 33.4 Å². The van der Waals surface area contributed by atoms with E-state index in [-0.39, 0.29) is 17.9 Å². The van der Waals surface area contributed by atoms with Gasteiger partial charge < -0.3 is 14.5 Å². The predicted octanol–water partition coefficient (Wildman–Crippen LogP) is 3.87. The molecule has 2 rings (SSSR count). The lowest BCUT2D eigenvalue weighted by molar-refractivity contribution is -0.133. The van der Waals surface area contributed by atoms with E-state index in [1.165, 1.54) is 0 Å². The maximum Gasteiger partial charge on any atom is 0.338 e. The van der Waals surface area contributed by atoms with E-state index >= 15 is 0 Å². The molecule has 2 aromatic rings. The number of hydrogen-bond acceptors (Lipinski definition) is 4. The van der Waals surface area contributed by atoms with Crippen molar-refractivity contribution in [3.63, 3.8) is 0 Å². The molecule has 5 nitrogen and oxygen atoms in total. The predicted molar refractivity (Wildman–Crippen MR) is 113 cm³/mol. The molecule has 2 aromatic carbocycles. The van der Waals surface area contributed by atoms with Gasteiger partial charge in [0.1, 0.15) is 0 Å². The quantitative estimate of drug-likeness (QED) is 0.712. The first-order chi connectivity index (χ1) is 13.1. The lowest BCUT2D eigenvalue weighted by atomic mass is 9.87. The van der Waals surface area contributed by atoms with E-state index < -0.39 is 5.97 Å². The fraction of sp³-hybridized carbons (Fsp3) is 0.391. The second-order valence-electron chi connectivity index (χ2n) is 8.21. The third kappa shape index (κ3) is 5.84. The lowest BCUT2D eigenvalue weighted by Crippen LogP contribution is -2.30. The average molecular weight is 383 g/mol. The zero-order chi connectivity index (χ0) is 20.9. The fourth-order valence-corrected chi connectivity index (χ4v) is 2.69. The minimum absolute atomic E-state index is 0.0197. The van der Waals surface area contributed by atoms with Gasteiger partial charge in [0.05, 0.1) is 5.56 Å². The molecule has 0 atom stereocenters. The van der Waals surface area contributed by atoms with Crippen LogP contribution in [0.4, 0.5) is 5.69 Å². The number of amides is 1. The van der Waals surface area contributed by atoms with E-state index in [0.29, 0.717) is 12.1 Å². The number of likely N-dealkylation sites (N-methyl/N-ethyl adjacent to an activating group) is 1. The van der Waals surface area contributed by atoms with Crippen LogP contribution in [0.25, 0.3) is 0 Å². The van der Waals surface area contributed by atoms with Gasteiger partial charge in [-0.05, 0) is 40.8 Å². The van der Waals surface area contributed by atoms with Crippen molar-refractivity contribution in [3.05, 3.63) is 65.2 Å². The van der Waals surface area contributed by atoms with Crippen LogP contribution in [-0.4, -0.2) is 44.5 Å². The molecular weight excluding hydrogens is 352 g/mol. The first kappa shape index (κ1) is 21.5. The summed E-state index contributed by atoms with van der Waals surface area (Å²) in [5, 5.41) is 0. The molecule has 0 saturated heterocycles. The van der Waals surface area contributed by atoms with Gasteiger partial charge in [-0.2, -0.15) is 0 Å². The Hall–Kier alpha value is -2.82. The maximum absolute atomic E-state index is 12.3. The van der Waals surface area contributed by atoms with E-state index in [0.717, 1.165) is 16.8 Å². The zero-order valence-electron chi connectivity index (χ0n) is 17.7. The van der Waals surface area contributed by atoms with Crippen molar-refractivity contribution in [1.82, 2.24) is 4.90 Å². The molecular formula is C23H30N2O3. The molecule has 0 aliphatic rings. The van der Waals surface area contributed by atoms with Crippen molar-refractivity contribution in [3.8, 4) is 0 Å². The standard InChI is InChI=1S/C23H30N2O3/c1-23(2,3)19-11-9-18(10-12-19)22(27)28-16-21(26)25(6)15-17-7-13-20(14-8-17)24(4)5/h7-14H,15-16H2,1-6H3. The smallest absolute Gasteiger partial charge is 0.338 e. The number of nitrogens with zero attached hydrogens (tertiary/aromatic N) is 2. The van der Waals surface area contributed by atoms with Gasteiger partial charge in [-0.25, -0.2) is 4.79 Å². The molecule has 28 heavy (non-hydrogen) atoms. The summed E-state index contributed by atoms with van der Waals surface area (Å²) in [4.78, 5) is 28.1. The Balaban J connectivity index is 1.87. The number of hydrogen-bond donors (Lipinski definition) is 0. The minimum atomic E-state index is -0.488. The van der Waals surface area contributed by atoms with Crippen molar-refractivity contribution in [1.29, 1.82) is 0 Å². The van der Waals surface area contributed by atoms with Crippen molar-refractivity contribution >= 4 is 17.6 Å². The highest BCUT2D eigenvalue weighted by Crippen LogP contribution is 2.22. The second kappa shape index (κ2) is 8.91. The summed E-state index contributed by atoms with van der Waals surface area (Å²) in [6, 6.07) is 15.3.